The van der Waals surface area contributed by atoms with E-state index < -0.39 is 12.1 Å². The predicted octanol–water partition coefficient (Wildman–Crippen LogP) is -0.292. The number of carbonyl (C=O) groups excluding carboxylic acids is 1. The van der Waals surface area contributed by atoms with Gasteiger partial charge in [0.05, 0.1) is 3.92 Å². The van der Waals surface area contributed by atoms with Gasteiger partial charge in [-0.25, -0.2) is 4.79 Å². The second-order valence-corrected chi connectivity index (χ2v) is 3.19. The Labute approximate surface area is 60.2 Å². The number of alkyl halides is 1. The van der Waals surface area contributed by atoms with Crippen molar-refractivity contribution in [1.29, 1.82) is 0 Å². The van der Waals surface area contributed by atoms with Crippen LogP contribution in [0.15, 0.2) is 0 Å². The summed E-state index contributed by atoms with van der Waals surface area (Å²) in [5.74, 6) is -0.496. The number of halogens is 1. The maximum atomic E-state index is 10.3. The Kier molecular flexibility index (Phi) is 1.71. The minimum Gasteiger partial charge on any atom is -0.463 e. The fraction of sp³-hybridized carbons (Fsp3) is 0.750. The molecule has 2 atom stereocenters. The molecule has 3 nitrogen and oxygen atoms in total. The van der Waals surface area contributed by atoms with Crippen molar-refractivity contribution in [1.82, 2.24) is 0 Å². The van der Waals surface area contributed by atoms with E-state index in [0.717, 1.165) is 0 Å². The second kappa shape index (κ2) is 2.18. The molecule has 0 spiro atoms. The molecule has 0 aromatic carbocycles. The van der Waals surface area contributed by atoms with Crippen molar-refractivity contribution in [3.8, 4) is 0 Å². The van der Waals surface area contributed by atoms with Crippen molar-refractivity contribution in [3.05, 3.63) is 0 Å². The highest BCUT2D eigenvalue weighted by Gasteiger charge is 2.32. The monoisotopic (exact) mass is 228 g/mol. The minimum absolute atomic E-state index is 0.0555. The van der Waals surface area contributed by atoms with Crippen LogP contribution >= 0.6 is 22.6 Å². The molecular weight excluding hydrogens is 223 g/mol. The molecule has 0 aliphatic carbocycles. The van der Waals surface area contributed by atoms with Crippen LogP contribution in [0.1, 0.15) is 0 Å². The molecule has 1 aliphatic rings. The highest BCUT2D eigenvalue weighted by atomic mass is 127. The van der Waals surface area contributed by atoms with Crippen molar-refractivity contribution < 1.29 is 14.6 Å². The van der Waals surface area contributed by atoms with Gasteiger partial charge in [-0.15, -0.1) is 0 Å². The van der Waals surface area contributed by atoms with Crippen molar-refractivity contribution >= 4 is 28.6 Å². The number of rotatable bonds is 0. The zero-order valence-electron chi connectivity index (χ0n) is 4.00. The molecule has 1 aliphatic heterocycles. The molecule has 46 valence electrons. The number of aliphatic hydroxyl groups is 1. The van der Waals surface area contributed by atoms with E-state index in [0.29, 0.717) is 6.61 Å². The third-order valence-corrected chi connectivity index (χ3v) is 2.01. The molecule has 1 fully saturated rings. The predicted molar refractivity (Wildman–Crippen MR) is 34.8 cm³/mol. The molecule has 1 rings (SSSR count). The third-order valence-electron chi connectivity index (χ3n) is 0.969. The molecular formula is C4H5IO3. The number of hydrogen-bond acceptors (Lipinski definition) is 3. The van der Waals surface area contributed by atoms with Crippen molar-refractivity contribution in [2.45, 2.75) is 10.0 Å². The van der Waals surface area contributed by atoms with Gasteiger partial charge >= 0.3 is 5.97 Å². The Hall–Kier alpha value is 0.160. The summed E-state index contributed by atoms with van der Waals surface area (Å²) in [4.78, 5) is 10.3. The lowest BCUT2D eigenvalue weighted by molar-refractivity contribution is -0.144. The van der Waals surface area contributed by atoms with Gasteiger partial charge in [0.2, 0.25) is 0 Å². The smallest absolute Gasteiger partial charge is 0.336 e. The van der Waals surface area contributed by atoms with Gasteiger partial charge in [-0.05, 0) is 0 Å². The van der Waals surface area contributed by atoms with E-state index in [9.17, 15) is 4.79 Å². The van der Waals surface area contributed by atoms with Gasteiger partial charge in [-0.2, -0.15) is 0 Å². The van der Waals surface area contributed by atoms with Gasteiger partial charge in [0.1, 0.15) is 6.61 Å². The van der Waals surface area contributed by atoms with Gasteiger partial charge in [0.25, 0.3) is 0 Å². The summed E-state index contributed by atoms with van der Waals surface area (Å²) >= 11 is 1.98. The Morgan fingerprint density at radius 3 is 2.62 bits per heavy atom. The van der Waals surface area contributed by atoms with E-state index in [4.69, 9.17) is 5.11 Å². The average molecular weight is 228 g/mol. The van der Waals surface area contributed by atoms with Gasteiger partial charge in [-0.3, -0.25) is 0 Å². The van der Waals surface area contributed by atoms with E-state index in [-0.39, 0.29) is 3.92 Å². The largest absolute Gasteiger partial charge is 0.463 e. The van der Waals surface area contributed by atoms with Gasteiger partial charge < -0.3 is 9.84 Å². The van der Waals surface area contributed by atoms with Crippen LogP contribution in [0.3, 0.4) is 0 Å². The topological polar surface area (TPSA) is 46.5 Å². The Balaban J connectivity index is 2.56. The van der Waals surface area contributed by atoms with E-state index in [1.807, 2.05) is 22.6 Å². The molecule has 0 aromatic rings. The fourth-order valence-corrected chi connectivity index (χ4v) is 0.959. The SMILES string of the molecule is O=C1OC[C@@H](I)[C@H]1O. The fourth-order valence-electron chi connectivity index (χ4n) is 0.486. The van der Waals surface area contributed by atoms with Crippen LogP contribution in [-0.2, 0) is 9.53 Å². The van der Waals surface area contributed by atoms with E-state index in [1.54, 1.807) is 0 Å². The number of hydrogen-bond donors (Lipinski definition) is 1. The lowest BCUT2D eigenvalue weighted by Gasteiger charge is -1.95. The average Bonchev–Trinajstić information content (AvgIpc) is 1.98. The first-order valence-electron chi connectivity index (χ1n) is 2.20. The number of aliphatic hydroxyl groups excluding tert-OH is 1. The molecule has 0 saturated carbocycles. The first-order valence-corrected chi connectivity index (χ1v) is 3.45. The Bertz CT molecular complexity index is 114. The van der Waals surface area contributed by atoms with Gasteiger partial charge in [0.15, 0.2) is 6.10 Å². The van der Waals surface area contributed by atoms with E-state index >= 15 is 0 Å². The number of cyclic esters (lactones) is 1. The maximum Gasteiger partial charge on any atom is 0.336 e. The first-order chi connectivity index (χ1) is 3.72. The molecule has 8 heavy (non-hydrogen) atoms. The standard InChI is InChI=1S/C4H5IO3/c5-2-1-8-4(7)3(2)6/h2-3,6H,1H2/t2-,3-/m1/s1. The molecule has 1 N–H and O–H groups in total. The molecule has 1 heterocycles. The molecule has 0 bridgehead atoms. The summed E-state index contributed by atoms with van der Waals surface area (Å²) < 4.78 is 4.43. The van der Waals surface area contributed by atoms with Crippen LogP contribution < -0.4 is 0 Å². The number of carbonyl (C=O) groups is 1. The summed E-state index contributed by atoms with van der Waals surface area (Å²) in [6.45, 7) is 0.348. The third kappa shape index (κ3) is 0.947. The van der Waals surface area contributed by atoms with Gasteiger partial charge in [0, 0.05) is 0 Å². The van der Waals surface area contributed by atoms with Gasteiger partial charge in [-0.1, -0.05) is 22.6 Å². The maximum absolute atomic E-state index is 10.3. The van der Waals surface area contributed by atoms with Crippen molar-refractivity contribution in [2.75, 3.05) is 6.61 Å². The zero-order valence-corrected chi connectivity index (χ0v) is 6.16. The first kappa shape index (κ1) is 6.28. The highest BCUT2D eigenvalue weighted by molar-refractivity contribution is 14.1. The summed E-state index contributed by atoms with van der Waals surface area (Å²) in [5, 5.41) is 8.78. The Morgan fingerprint density at radius 2 is 2.50 bits per heavy atom. The van der Waals surface area contributed by atoms with Crippen molar-refractivity contribution in [2.24, 2.45) is 0 Å². The molecule has 0 aromatic heterocycles. The number of esters is 1. The van der Waals surface area contributed by atoms with Crippen LogP contribution in [-0.4, -0.2) is 27.7 Å². The molecule has 0 amide bonds. The molecule has 0 unspecified atom stereocenters. The van der Waals surface area contributed by atoms with Crippen LogP contribution in [0, 0.1) is 0 Å². The lowest BCUT2D eigenvalue weighted by Crippen LogP contribution is -2.20. The summed E-state index contributed by atoms with van der Waals surface area (Å²) in [5.41, 5.74) is 0. The second-order valence-electron chi connectivity index (χ2n) is 1.59. The molecule has 0 radical (unpaired) electrons. The van der Waals surface area contributed by atoms with Crippen LogP contribution in [0.5, 0.6) is 0 Å². The summed E-state index contributed by atoms with van der Waals surface area (Å²) in [7, 11) is 0. The number of ether oxygens (including phenoxy) is 1. The highest BCUT2D eigenvalue weighted by Crippen LogP contribution is 2.15. The quantitative estimate of drug-likeness (QED) is 0.352. The lowest BCUT2D eigenvalue weighted by atomic mass is 10.3. The Morgan fingerprint density at radius 1 is 1.88 bits per heavy atom. The summed E-state index contributed by atoms with van der Waals surface area (Å²) in [6.07, 6.45) is -0.893. The van der Waals surface area contributed by atoms with Crippen LogP contribution in [0.4, 0.5) is 0 Å². The molecule has 1 saturated heterocycles. The minimum atomic E-state index is -0.893. The zero-order chi connectivity index (χ0) is 6.15. The van der Waals surface area contributed by atoms with Crippen molar-refractivity contribution in [3.63, 3.8) is 0 Å². The summed E-state index contributed by atoms with van der Waals surface area (Å²) in [6, 6.07) is 0. The normalized spacial score (nSPS) is 37.5. The van der Waals surface area contributed by atoms with Crippen LogP contribution in [0.2, 0.25) is 0 Å². The van der Waals surface area contributed by atoms with Crippen LogP contribution in [0.25, 0.3) is 0 Å². The van der Waals surface area contributed by atoms with E-state index in [2.05, 4.69) is 4.74 Å². The van der Waals surface area contributed by atoms with E-state index in [1.165, 1.54) is 0 Å². The molecule has 4 heteroatoms.